The average Bonchev–Trinajstić information content (AvgIpc) is 2.69. The molecule has 0 aliphatic carbocycles. The minimum atomic E-state index is -3.74. The molecule has 29 heavy (non-hydrogen) atoms. The van der Waals surface area contributed by atoms with Gasteiger partial charge in [0.25, 0.3) is 0 Å². The molecular weight excluding hydrogens is 392 g/mol. The molecule has 9 heteroatoms. The number of aromatic carboxylic acids is 1. The van der Waals surface area contributed by atoms with E-state index in [0.717, 1.165) is 9.87 Å². The van der Waals surface area contributed by atoms with Crippen LogP contribution in [0.15, 0.2) is 65.7 Å². The van der Waals surface area contributed by atoms with Crippen LogP contribution in [0.25, 0.3) is 0 Å². The molecule has 0 bridgehead atoms. The molecule has 8 nitrogen and oxygen atoms in total. The zero-order valence-electron chi connectivity index (χ0n) is 15.9. The number of hydrogen-bond donors (Lipinski definition) is 2. The highest BCUT2D eigenvalue weighted by Gasteiger charge is 2.23. The molecule has 2 N–H and O–H groups in total. The molecule has 150 valence electrons. The van der Waals surface area contributed by atoms with Crippen LogP contribution in [0, 0.1) is 6.92 Å². The highest BCUT2D eigenvalue weighted by atomic mass is 32.2. The summed E-state index contributed by atoms with van der Waals surface area (Å²) in [6.07, 6.45) is 1.17. The fourth-order valence-corrected chi connectivity index (χ4v) is 3.70. The van der Waals surface area contributed by atoms with Crippen molar-refractivity contribution in [1.29, 1.82) is 0 Å². The number of anilines is 2. The van der Waals surface area contributed by atoms with E-state index in [4.69, 9.17) is 0 Å². The summed E-state index contributed by atoms with van der Waals surface area (Å²) in [6.45, 7) is 1.76. The smallest absolute Gasteiger partial charge is 0.341 e. The first-order valence-corrected chi connectivity index (χ1v) is 10.2. The van der Waals surface area contributed by atoms with Gasteiger partial charge in [0, 0.05) is 18.9 Å². The standard InChI is InChI=1S/C20H20N4O4S/c1-14-8-10-16(11-9-14)29(27,28)24(2)13-18-21-12-17(20(25)26)19(23-18)22-15-6-4-3-5-7-15/h3-12H,13H2,1-2H3,(H,25,26)(H,21,22,23). The Morgan fingerprint density at radius 3 is 2.38 bits per heavy atom. The van der Waals surface area contributed by atoms with Gasteiger partial charge >= 0.3 is 5.97 Å². The van der Waals surface area contributed by atoms with E-state index < -0.39 is 16.0 Å². The summed E-state index contributed by atoms with van der Waals surface area (Å²) in [7, 11) is -2.31. The number of nitrogens with one attached hydrogen (secondary N) is 1. The molecule has 0 fully saturated rings. The van der Waals surface area contributed by atoms with Crippen molar-refractivity contribution < 1.29 is 18.3 Å². The minimum Gasteiger partial charge on any atom is -0.477 e. The lowest BCUT2D eigenvalue weighted by Gasteiger charge is -2.17. The molecule has 0 atom stereocenters. The first-order valence-electron chi connectivity index (χ1n) is 8.71. The lowest BCUT2D eigenvalue weighted by Crippen LogP contribution is -2.27. The highest BCUT2D eigenvalue weighted by Crippen LogP contribution is 2.20. The SMILES string of the molecule is Cc1ccc(S(=O)(=O)N(C)Cc2ncc(C(=O)O)c(Nc3ccccc3)n2)cc1. The summed E-state index contributed by atoms with van der Waals surface area (Å²) < 4.78 is 26.6. The summed E-state index contributed by atoms with van der Waals surface area (Å²) in [6, 6.07) is 15.5. The van der Waals surface area contributed by atoms with Crippen LogP contribution in [0.3, 0.4) is 0 Å². The van der Waals surface area contributed by atoms with Crippen molar-refractivity contribution in [3.8, 4) is 0 Å². The number of carboxylic acids is 1. The maximum absolute atomic E-state index is 12.8. The second-order valence-electron chi connectivity index (χ2n) is 6.42. The van der Waals surface area contributed by atoms with Crippen LogP contribution in [0.2, 0.25) is 0 Å². The maximum Gasteiger partial charge on any atom is 0.341 e. The first-order chi connectivity index (χ1) is 13.8. The monoisotopic (exact) mass is 412 g/mol. The zero-order chi connectivity index (χ0) is 21.0. The Kier molecular flexibility index (Phi) is 5.90. The number of carboxylic acid groups (broad SMARTS) is 1. The Balaban J connectivity index is 1.87. The number of aryl methyl sites for hydroxylation is 1. The van der Waals surface area contributed by atoms with Crippen molar-refractivity contribution >= 4 is 27.5 Å². The van der Waals surface area contributed by atoms with Crippen LogP contribution in [0.5, 0.6) is 0 Å². The van der Waals surface area contributed by atoms with Crippen molar-refractivity contribution in [2.24, 2.45) is 0 Å². The zero-order valence-corrected chi connectivity index (χ0v) is 16.7. The normalized spacial score (nSPS) is 11.4. The van der Waals surface area contributed by atoms with Gasteiger partial charge in [-0.05, 0) is 31.2 Å². The van der Waals surface area contributed by atoms with Crippen molar-refractivity contribution in [3.63, 3.8) is 0 Å². The fraction of sp³-hybridized carbons (Fsp3) is 0.150. The van der Waals surface area contributed by atoms with Gasteiger partial charge in [0.15, 0.2) is 0 Å². The van der Waals surface area contributed by atoms with E-state index in [1.807, 2.05) is 13.0 Å². The molecule has 1 aromatic heterocycles. The van der Waals surface area contributed by atoms with E-state index >= 15 is 0 Å². The van der Waals surface area contributed by atoms with Gasteiger partial charge in [0.05, 0.1) is 11.4 Å². The average molecular weight is 412 g/mol. The van der Waals surface area contributed by atoms with Crippen LogP contribution in [-0.4, -0.2) is 40.8 Å². The van der Waals surface area contributed by atoms with E-state index in [-0.39, 0.29) is 28.6 Å². The van der Waals surface area contributed by atoms with Gasteiger partial charge in [-0.15, -0.1) is 0 Å². The molecule has 0 spiro atoms. The van der Waals surface area contributed by atoms with E-state index in [2.05, 4.69) is 15.3 Å². The van der Waals surface area contributed by atoms with Crippen molar-refractivity contribution in [3.05, 3.63) is 77.7 Å². The van der Waals surface area contributed by atoms with Crippen molar-refractivity contribution in [2.45, 2.75) is 18.4 Å². The topological polar surface area (TPSA) is 112 Å². The summed E-state index contributed by atoms with van der Waals surface area (Å²) in [5, 5.41) is 12.3. The lowest BCUT2D eigenvalue weighted by atomic mass is 10.2. The van der Waals surface area contributed by atoms with Crippen LogP contribution in [0.1, 0.15) is 21.7 Å². The van der Waals surface area contributed by atoms with Crippen LogP contribution < -0.4 is 5.32 Å². The summed E-state index contributed by atoms with van der Waals surface area (Å²) in [4.78, 5) is 19.9. The predicted octanol–water partition coefficient (Wildman–Crippen LogP) is 3.05. The van der Waals surface area contributed by atoms with E-state index in [1.54, 1.807) is 36.4 Å². The Hall–Kier alpha value is -3.30. The number of rotatable bonds is 7. The number of sulfonamides is 1. The van der Waals surface area contributed by atoms with Crippen LogP contribution >= 0.6 is 0 Å². The third-order valence-corrected chi connectivity index (χ3v) is 6.02. The van der Waals surface area contributed by atoms with E-state index in [0.29, 0.717) is 5.69 Å². The molecule has 0 saturated heterocycles. The van der Waals surface area contributed by atoms with Crippen molar-refractivity contribution in [1.82, 2.24) is 14.3 Å². The molecule has 0 aliphatic rings. The third kappa shape index (κ3) is 4.76. The lowest BCUT2D eigenvalue weighted by molar-refractivity contribution is 0.0697. The molecule has 3 aromatic rings. The Bertz CT molecular complexity index is 1120. The largest absolute Gasteiger partial charge is 0.477 e. The van der Waals surface area contributed by atoms with Gasteiger partial charge in [0.2, 0.25) is 10.0 Å². The summed E-state index contributed by atoms with van der Waals surface area (Å²) in [5.74, 6) is -0.919. The molecular formula is C20H20N4O4S. The van der Waals surface area contributed by atoms with Crippen molar-refractivity contribution in [2.75, 3.05) is 12.4 Å². The second-order valence-corrected chi connectivity index (χ2v) is 8.46. The molecule has 0 radical (unpaired) electrons. The highest BCUT2D eigenvalue weighted by molar-refractivity contribution is 7.89. The summed E-state index contributed by atoms with van der Waals surface area (Å²) in [5.41, 5.74) is 1.50. The van der Waals surface area contributed by atoms with Gasteiger partial charge in [-0.1, -0.05) is 35.9 Å². The molecule has 3 rings (SSSR count). The number of nitrogens with zero attached hydrogens (tertiary/aromatic N) is 3. The molecule has 0 aliphatic heterocycles. The first kappa shape index (κ1) is 20.4. The van der Waals surface area contributed by atoms with E-state index in [9.17, 15) is 18.3 Å². The number of benzene rings is 2. The van der Waals surface area contributed by atoms with Gasteiger partial charge in [-0.25, -0.2) is 23.2 Å². The number of para-hydroxylation sites is 1. The second kappa shape index (κ2) is 8.38. The van der Waals surface area contributed by atoms with Crippen LogP contribution in [0.4, 0.5) is 11.5 Å². The Labute approximate surface area is 168 Å². The number of carbonyl (C=O) groups is 1. The number of aromatic nitrogens is 2. The molecule has 2 aromatic carbocycles. The van der Waals surface area contributed by atoms with Gasteiger partial charge in [-0.2, -0.15) is 4.31 Å². The predicted molar refractivity (Wildman–Crippen MR) is 109 cm³/mol. The molecule has 0 unspecified atom stereocenters. The Morgan fingerprint density at radius 1 is 1.10 bits per heavy atom. The molecule has 1 heterocycles. The van der Waals surface area contributed by atoms with Crippen LogP contribution in [-0.2, 0) is 16.6 Å². The van der Waals surface area contributed by atoms with E-state index in [1.165, 1.54) is 25.4 Å². The molecule has 0 amide bonds. The van der Waals surface area contributed by atoms with Gasteiger partial charge < -0.3 is 10.4 Å². The maximum atomic E-state index is 12.8. The Morgan fingerprint density at radius 2 is 1.76 bits per heavy atom. The molecule has 0 saturated carbocycles. The minimum absolute atomic E-state index is 0.0924. The summed E-state index contributed by atoms with van der Waals surface area (Å²) >= 11 is 0. The quantitative estimate of drug-likeness (QED) is 0.613. The number of hydrogen-bond acceptors (Lipinski definition) is 6. The van der Waals surface area contributed by atoms with Gasteiger partial charge in [-0.3, -0.25) is 0 Å². The fourth-order valence-electron chi connectivity index (χ4n) is 2.58. The third-order valence-electron chi connectivity index (χ3n) is 4.20. The van der Waals surface area contributed by atoms with Gasteiger partial charge in [0.1, 0.15) is 17.2 Å².